The Morgan fingerprint density at radius 3 is 2.15 bits per heavy atom. The van der Waals surface area contributed by atoms with E-state index in [2.05, 4.69) is 134 Å². The molecule has 1 aliphatic carbocycles. The highest BCUT2D eigenvalue weighted by atomic mass is 32.2. The van der Waals surface area contributed by atoms with Crippen LogP contribution in [0.5, 0.6) is 0 Å². The van der Waals surface area contributed by atoms with Gasteiger partial charge in [-0.25, -0.2) is 0 Å². The SMILES string of the molecule is C=C/C=C(\C=C/C(C)N(C)CC)SC1CC1.C=CC1=C(/C=C\C)C(C(C)CCCC)(C(CC)CCN(CC)CC)CN(CC)C1.CC. The van der Waals surface area contributed by atoms with Gasteiger partial charge in [-0.3, -0.25) is 4.90 Å². The standard InChI is InChI=1S/C27H50N2.C14H23NS.C2H6/c1-9-16-18-23(8)27(25(12-4)19-20-28(13-5)14-6)22-29(15-7)21-24(11-3)26(27)17-10-2;1-5-7-13(16-14-10-11-14)9-8-12(3)15(4)6-2;1-2/h10-11,17,23,25H,3,9,12-16,18-22H2,1-2,4-8H3;5,7-9,12,14H,1,6,10-11H2,2-4H3;1-2H3/b17-10-;9-8-,13-7+;. The molecule has 2 rings (SSSR count). The minimum atomic E-state index is 0.224. The van der Waals surface area contributed by atoms with Crippen LogP contribution in [0, 0.1) is 17.3 Å². The average molecular weight is 670 g/mol. The van der Waals surface area contributed by atoms with E-state index in [-0.39, 0.29) is 5.41 Å². The first kappa shape index (κ1) is 45.7. The normalized spacial score (nSPS) is 21.0. The third-order valence-electron chi connectivity index (χ3n) is 10.4. The first-order chi connectivity index (χ1) is 22.6. The highest BCUT2D eigenvalue weighted by Gasteiger charge is 2.48. The molecule has 0 spiro atoms. The van der Waals surface area contributed by atoms with Crippen LogP contribution >= 0.6 is 11.8 Å². The van der Waals surface area contributed by atoms with E-state index in [4.69, 9.17) is 0 Å². The Bertz CT molecular complexity index is 954. The van der Waals surface area contributed by atoms with E-state index in [0.29, 0.717) is 17.9 Å². The lowest BCUT2D eigenvalue weighted by Crippen LogP contribution is -2.52. The van der Waals surface area contributed by atoms with Crippen molar-refractivity contribution in [3.05, 3.63) is 71.7 Å². The Morgan fingerprint density at radius 1 is 1.02 bits per heavy atom. The number of likely N-dealkylation sites (N-methyl/N-ethyl adjacent to an activating group) is 2. The van der Waals surface area contributed by atoms with Gasteiger partial charge in [0.1, 0.15) is 0 Å². The fourth-order valence-corrected chi connectivity index (χ4v) is 7.99. The van der Waals surface area contributed by atoms with E-state index in [1.807, 2.05) is 31.7 Å². The lowest BCUT2D eigenvalue weighted by molar-refractivity contribution is 0.0426. The lowest BCUT2D eigenvalue weighted by atomic mass is 9.57. The van der Waals surface area contributed by atoms with Crippen LogP contribution in [-0.4, -0.2) is 78.9 Å². The second kappa shape index (κ2) is 26.5. The van der Waals surface area contributed by atoms with Crippen LogP contribution in [0.15, 0.2) is 71.7 Å². The van der Waals surface area contributed by atoms with Crippen LogP contribution in [-0.2, 0) is 0 Å². The molecule has 4 atom stereocenters. The highest BCUT2D eigenvalue weighted by Crippen LogP contribution is 2.52. The molecule has 0 aromatic rings. The Hall–Kier alpha value is -1.33. The quantitative estimate of drug-likeness (QED) is 0.112. The molecule has 0 amide bonds. The summed E-state index contributed by atoms with van der Waals surface area (Å²) < 4.78 is 0. The number of unbranched alkanes of at least 4 members (excludes halogenated alkanes) is 1. The molecular weight excluding hydrogens is 591 g/mol. The van der Waals surface area contributed by atoms with Crippen molar-refractivity contribution in [2.24, 2.45) is 17.3 Å². The van der Waals surface area contributed by atoms with Crippen LogP contribution in [0.2, 0.25) is 0 Å². The van der Waals surface area contributed by atoms with Crippen LogP contribution in [0.1, 0.15) is 121 Å². The zero-order valence-corrected chi connectivity index (χ0v) is 34.2. The molecule has 0 saturated heterocycles. The molecule has 0 bridgehead atoms. The number of thioether (sulfide) groups is 1. The van der Waals surface area contributed by atoms with Crippen molar-refractivity contribution in [3.8, 4) is 0 Å². The maximum Gasteiger partial charge on any atom is 0.0250 e. The maximum atomic E-state index is 4.23. The molecule has 1 saturated carbocycles. The van der Waals surface area contributed by atoms with E-state index in [1.54, 1.807) is 5.57 Å². The zero-order chi connectivity index (χ0) is 35.8. The molecule has 272 valence electrons. The molecule has 3 nitrogen and oxygen atoms in total. The van der Waals surface area contributed by atoms with Gasteiger partial charge in [0.25, 0.3) is 0 Å². The summed E-state index contributed by atoms with van der Waals surface area (Å²) in [5, 5.41) is 0.857. The summed E-state index contributed by atoms with van der Waals surface area (Å²) in [6, 6.07) is 0.498. The van der Waals surface area contributed by atoms with E-state index in [1.165, 1.54) is 68.5 Å². The Labute approximate surface area is 299 Å². The largest absolute Gasteiger partial charge is 0.304 e. The third kappa shape index (κ3) is 15.4. The van der Waals surface area contributed by atoms with E-state index >= 15 is 0 Å². The van der Waals surface area contributed by atoms with Crippen molar-refractivity contribution < 1.29 is 0 Å². The number of hydrogen-bond acceptors (Lipinski definition) is 4. The molecule has 1 fully saturated rings. The highest BCUT2D eigenvalue weighted by molar-refractivity contribution is 8.04. The molecule has 0 radical (unpaired) electrons. The van der Waals surface area contributed by atoms with Gasteiger partial charge in [0.15, 0.2) is 0 Å². The van der Waals surface area contributed by atoms with Gasteiger partial charge in [-0.05, 0) is 108 Å². The van der Waals surface area contributed by atoms with Gasteiger partial charge in [0, 0.05) is 34.7 Å². The van der Waals surface area contributed by atoms with Gasteiger partial charge in [0.05, 0.1) is 0 Å². The van der Waals surface area contributed by atoms with Crippen LogP contribution in [0.4, 0.5) is 0 Å². The molecule has 0 aromatic heterocycles. The van der Waals surface area contributed by atoms with Crippen molar-refractivity contribution in [1.82, 2.24) is 14.7 Å². The van der Waals surface area contributed by atoms with Crippen molar-refractivity contribution in [2.45, 2.75) is 132 Å². The van der Waals surface area contributed by atoms with Crippen molar-refractivity contribution in [2.75, 3.05) is 52.9 Å². The van der Waals surface area contributed by atoms with Gasteiger partial charge < -0.3 is 9.80 Å². The van der Waals surface area contributed by atoms with Crippen LogP contribution in [0.3, 0.4) is 0 Å². The average Bonchev–Trinajstić information content (AvgIpc) is 3.93. The van der Waals surface area contributed by atoms with Gasteiger partial charge in [0.2, 0.25) is 0 Å². The van der Waals surface area contributed by atoms with E-state index in [9.17, 15) is 0 Å². The summed E-state index contributed by atoms with van der Waals surface area (Å²) in [6.07, 6.45) is 24.6. The number of hydrogen-bond donors (Lipinski definition) is 0. The summed E-state index contributed by atoms with van der Waals surface area (Å²) in [5.41, 5.74) is 3.28. The van der Waals surface area contributed by atoms with Crippen molar-refractivity contribution in [1.29, 1.82) is 0 Å². The van der Waals surface area contributed by atoms with Crippen LogP contribution in [0.25, 0.3) is 0 Å². The summed E-state index contributed by atoms with van der Waals surface area (Å²) in [7, 11) is 2.15. The molecule has 1 aliphatic heterocycles. The Kier molecular flexibility index (Phi) is 25.8. The van der Waals surface area contributed by atoms with Gasteiger partial charge in [-0.2, -0.15) is 0 Å². The smallest absolute Gasteiger partial charge is 0.0250 e. The summed E-state index contributed by atoms with van der Waals surface area (Å²) >= 11 is 1.98. The lowest BCUT2D eigenvalue weighted by Gasteiger charge is -2.53. The predicted octanol–water partition coefficient (Wildman–Crippen LogP) is 11.8. The molecule has 4 unspecified atom stereocenters. The number of allylic oxidation sites excluding steroid dienone is 5. The first-order valence-electron chi connectivity index (χ1n) is 19.5. The predicted molar refractivity (Wildman–Crippen MR) is 219 cm³/mol. The molecule has 0 N–H and O–H groups in total. The Balaban J connectivity index is 0.000000989. The molecule has 47 heavy (non-hydrogen) atoms. The third-order valence-corrected chi connectivity index (χ3v) is 11.7. The van der Waals surface area contributed by atoms with Crippen LogP contribution < -0.4 is 0 Å². The zero-order valence-electron chi connectivity index (χ0n) is 33.4. The fraction of sp³-hybridized carbons (Fsp3) is 0.721. The minimum Gasteiger partial charge on any atom is -0.304 e. The van der Waals surface area contributed by atoms with Gasteiger partial charge >= 0.3 is 0 Å². The monoisotopic (exact) mass is 670 g/mol. The Morgan fingerprint density at radius 2 is 1.68 bits per heavy atom. The summed E-state index contributed by atoms with van der Waals surface area (Å²) in [5.74, 6) is 1.38. The summed E-state index contributed by atoms with van der Waals surface area (Å²) in [6.45, 7) is 40.8. The molecular formula is C43H79N3S. The fourth-order valence-electron chi connectivity index (χ4n) is 6.91. The van der Waals surface area contributed by atoms with Crippen molar-refractivity contribution >= 4 is 11.8 Å². The van der Waals surface area contributed by atoms with Crippen molar-refractivity contribution in [3.63, 3.8) is 0 Å². The summed E-state index contributed by atoms with van der Waals surface area (Å²) in [4.78, 5) is 8.94. The van der Waals surface area contributed by atoms with E-state index < -0.39 is 0 Å². The van der Waals surface area contributed by atoms with Gasteiger partial charge in [-0.15, -0.1) is 11.8 Å². The number of nitrogens with zero attached hydrogens (tertiary/aromatic N) is 3. The number of rotatable bonds is 21. The van der Waals surface area contributed by atoms with Gasteiger partial charge in [-0.1, -0.05) is 131 Å². The first-order valence-corrected chi connectivity index (χ1v) is 20.3. The topological polar surface area (TPSA) is 9.72 Å². The minimum absolute atomic E-state index is 0.224. The molecule has 0 aromatic carbocycles. The second-order valence-electron chi connectivity index (χ2n) is 13.2. The van der Waals surface area contributed by atoms with E-state index in [0.717, 1.165) is 38.0 Å². The molecule has 4 heteroatoms. The second-order valence-corrected chi connectivity index (χ2v) is 14.6. The maximum absolute atomic E-state index is 4.23. The molecule has 2 aliphatic rings. The molecule has 1 heterocycles.